The Morgan fingerprint density at radius 2 is 1.94 bits per heavy atom. The van der Waals surface area contributed by atoms with Crippen LogP contribution in [-0.4, -0.2) is 5.11 Å². The highest BCUT2D eigenvalue weighted by atomic mass is 35.5. The number of nitrogens with two attached hydrogens (primary N) is 1. The molecule has 0 spiro atoms. The molecular weight excluding hydrogens is 245 g/mol. The highest BCUT2D eigenvalue weighted by Crippen LogP contribution is 2.27. The van der Waals surface area contributed by atoms with E-state index in [2.05, 4.69) is 13.8 Å². The highest BCUT2D eigenvalue weighted by molar-refractivity contribution is 6.32. The fourth-order valence-electron chi connectivity index (χ4n) is 1.43. The van der Waals surface area contributed by atoms with Gasteiger partial charge in [0.1, 0.15) is 5.75 Å². The van der Waals surface area contributed by atoms with E-state index in [9.17, 15) is 5.11 Å². The van der Waals surface area contributed by atoms with Crippen molar-refractivity contribution in [1.29, 1.82) is 0 Å². The van der Waals surface area contributed by atoms with Crippen LogP contribution in [0.5, 0.6) is 5.75 Å². The van der Waals surface area contributed by atoms with Crippen LogP contribution in [0.1, 0.15) is 38.3 Å². The summed E-state index contributed by atoms with van der Waals surface area (Å²) in [6.45, 7) is 4.35. The van der Waals surface area contributed by atoms with Gasteiger partial charge in [0, 0.05) is 6.04 Å². The second kappa shape index (κ2) is 7.00. The number of hydrogen-bond acceptors (Lipinski definition) is 2. The predicted molar refractivity (Wildman–Crippen MR) is 71.4 cm³/mol. The summed E-state index contributed by atoms with van der Waals surface area (Å²) < 4.78 is 0. The monoisotopic (exact) mass is 263 g/mol. The average molecular weight is 264 g/mol. The van der Waals surface area contributed by atoms with Crippen LogP contribution in [0.15, 0.2) is 18.2 Å². The van der Waals surface area contributed by atoms with Crippen molar-refractivity contribution in [2.24, 2.45) is 11.7 Å². The summed E-state index contributed by atoms with van der Waals surface area (Å²) >= 11 is 5.82. The number of phenolic OH excluding ortho intramolecular Hbond substituents is 1. The van der Waals surface area contributed by atoms with Gasteiger partial charge in [0.15, 0.2) is 0 Å². The van der Waals surface area contributed by atoms with Crippen molar-refractivity contribution in [1.82, 2.24) is 0 Å². The van der Waals surface area contributed by atoms with Crippen molar-refractivity contribution in [3.8, 4) is 5.75 Å². The van der Waals surface area contributed by atoms with E-state index < -0.39 is 0 Å². The van der Waals surface area contributed by atoms with E-state index in [1.807, 2.05) is 6.07 Å². The first kappa shape index (κ1) is 15.6. The minimum atomic E-state index is 0. The Kier molecular flexibility index (Phi) is 6.81. The van der Waals surface area contributed by atoms with Gasteiger partial charge in [0.05, 0.1) is 5.02 Å². The fraction of sp³-hybridized carbons (Fsp3) is 0.500. The SMILES string of the molecule is CC(C)CC[C@@H](N)c1ccc(O)c(Cl)c1.Cl. The van der Waals surface area contributed by atoms with E-state index in [1.165, 1.54) is 0 Å². The Hall–Kier alpha value is -0.440. The molecule has 0 bridgehead atoms. The van der Waals surface area contributed by atoms with Gasteiger partial charge in [0.25, 0.3) is 0 Å². The molecule has 4 heteroatoms. The minimum absolute atomic E-state index is 0. The molecule has 0 aliphatic heterocycles. The molecule has 0 aliphatic carbocycles. The van der Waals surface area contributed by atoms with E-state index >= 15 is 0 Å². The second-order valence-electron chi connectivity index (χ2n) is 4.29. The minimum Gasteiger partial charge on any atom is -0.506 e. The number of aromatic hydroxyl groups is 1. The summed E-state index contributed by atoms with van der Waals surface area (Å²) in [5.41, 5.74) is 7.01. The lowest BCUT2D eigenvalue weighted by Crippen LogP contribution is -2.11. The molecular formula is C12H19Cl2NO. The first-order chi connectivity index (χ1) is 7.00. The smallest absolute Gasteiger partial charge is 0.134 e. The molecule has 0 fully saturated rings. The van der Waals surface area contributed by atoms with Crippen molar-refractivity contribution >= 4 is 24.0 Å². The van der Waals surface area contributed by atoms with E-state index in [4.69, 9.17) is 17.3 Å². The lowest BCUT2D eigenvalue weighted by Gasteiger charge is -2.14. The third-order valence-electron chi connectivity index (χ3n) is 2.45. The summed E-state index contributed by atoms with van der Waals surface area (Å²) in [5.74, 6) is 0.764. The van der Waals surface area contributed by atoms with Gasteiger partial charge < -0.3 is 10.8 Å². The maximum Gasteiger partial charge on any atom is 0.134 e. The van der Waals surface area contributed by atoms with Crippen molar-refractivity contribution in [2.75, 3.05) is 0 Å². The number of phenols is 1. The Labute approximate surface area is 108 Å². The molecule has 1 aromatic rings. The number of hydrogen-bond donors (Lipinski definition) is 2. The van der Waals surface area contributed by atoms with Gasteiger partial charge in [-0.2, -0.15) is 0 Å². The second-order valence-corrected chi connectivity index (χ2v) is 4.70. The molecule has 0 amide bonds. The van der Waals surface area contributed by atoms with Gasteiger partial charge in [-0.1, -0.05) is 31.5 Å². The van der Waals surface area contributed by atoms with Crippen LogP contribution in [0.4, 0.5) is 0 Å². The molecule has 1 rings (SSSR count). The molecule has 0 aliphatic rings. The van der Waals surface area contributed by atoms with Gasteiger partial charge in [-0.15, -0.1) is 12.4 Å². The van der Waals surface area contributed by atoms with Gasteiger partial charge in [0.2, 0.25) is 0 Å². The molecule has 1 atom stereocenters. The molecule has 0 aromatic heterocycles. The first-order valence-corrected chi connectivity index (χ1v) is 5.62. The summed E-state index contributed by atoms with van der Waals surface area (Å²) in [7, 11) is 0. The van der Waals surface area contributed by atoms with Gasteiger partial charge >= 0.3 is 0 Å². The summed E-state index contributed by atoms with van der Waals surface area (Å²) in [6.07, 6.45) is 2.04. The standard InChI is InChI=1S/C12H18ClNO.ClH/c1-8(2)3-5-11(14)9-4-6-12(15)10(13)7-9;/h4,6-8,11,15H,3,5,14H2,1-2H3;1H/t11-;/m1./s1. The Morgan fingerprint density at radius 3 is 2.44 bits per heavy atom. The van der Waals surface area contributed by atoms with E-state index in [0.29, 0.717) is 10.9 Å². The molecule has 3 N–H and O–H groups in total. The van der Waals surface area contributed by atoms with Crippen LogP contribution in [0.25, 0.3) is 0 Å². The van der Waals surface area contributed by atoms with Gasteiger partial charge in [-0.05, 0) is 36.5 Å². The Morgan fingerprint density at radius 1 is 1.31 bits per heavy atom. The van der Waals surface area contributed by atoms with Crippen molar-refractivity contribution < 1.29 is 5.11 Å². The Bertz CT molecular complexity index is 329. The zero-order valence-corrected chi connectivity index (χ0v) is 11.2. The largest absolute Gasteiger partial charge is 0.506 e. The number of benzene rings is 1. The third kappa shape index (κ3) is 4.60. The van der Waals surface area contributed by atoms with Crippen molar-refractivity contribution in [2.45, 2.75) is 32.7 Å². The molecule has 16 heavy (non-hydrogen) atoms. The summed E-state index contributed by atoms with van der Waals surface area (Å²) in [6, 6.07) is 5.16. The van der Waals surface area contributed by atoms with Crippen molar-refractivity contribution in [3.05, 3.63) is 28.8 Å². The zero-order valence-electron chi connectivity index (χ0n) is 9.61. The molecule has 0 unspecified atom stereocenters. The molecule has 0 radical (unpaired) electrons. The molecule has 1 aromatic carbocycles. The Balaban J connectivity index is 0.00000225. The average Bonchev–Trinajstić information content (AvgIpc) is 2.18. The van der Waals surface area contributed by atoms with E-state index in [0.717, 1.165) is 18.4 Å². The molecule has 2 nitrogen and oxygen atoms in total. The summed E-state index contributed by atoms with van der Waals surface area (Å²) in [5, 5.41) is 9.64. The molecule has 0 heterocycles. The normalized spacial score (nSPS) is 12.3. The van der Waals surface area contributed by atoms with Crippen LogP contribution < -0.4 is 5.73 Å². The molecule has 0 saturated heterocycles. The zero-order chi connectivity index (χ0) is 11.4. The first-order valence-electron chi connectivity index (χ1n) is 5.24. The lowest BCUT2D eigenvalue weighted by atomic mass is 9.98. The van der Waals surface area contributed by atoms with Crippen molar-refractivity contribution in [3.63, 3.8) is 0 Å². The van der Waals surface area contributed by atoms with Crippen LogP contribution in [0.3, 0.4) is 0 Å². The van der Waals surface area contributed by atoms with Crippen LogP contribution in [0.2, 0.25) is 5.02 Å². The van der Waals surface area contributed by atoms with Crippen LogP contribution >= 0.6 is 24.0 Å². The third-order valence-corrected chi connectivity index (χ3v) is 2.76. The quantitative estimate of drug-likeness (QED) is 0.866. The maximum atomic E-state index is 9.27. The van der Waals surface area contributed by atoms with Crippen LogP contribution in [0, 0.1) is 5.92 Å². The van der Waals surface area contributed by atoms with E-state index in [1.54, 1.807) is 12.1 Å². The molecule has 92 valence electrons. The fourth-order valence-corrected chi connectivity index (χ4v) is 1.62. The summed E-state index contributed by atoms with van der Waals surface area (Å²) in [4.78, 5) is 0. The van der Waals surface area contributed by atoms with Gasteiger partial charge in [-0.25, -0.2) is 0 Å². The molecule has 0 saturated carbocycles. The topological polar surface area (TPSA) is 46.2 Å². The van der Waals surface area contributed by atoms with E-state index in [-0.39, 0.29) is 24.2 Å². The number of halogens is 2. The highest BCUT2D eigenvalue weighted by Gasteiger charge is 2.09. The predicted octanol–water partition coefficient (Wildman–Crippen LogP) is 3.90. The number of rotatable bonds is 4. The lowest BCUT2D eigenvalue weighted by molar-refractivity contribution is 0.474. The van der Waals surface area contributed by atoms with Crippen LogP contribution in [-0.2, 0) is 0 Å². The maximum absolute atomic E-state index is 9.27. The van der Waals surface area contributed by atoms with Gasteiger partial charge in [-0.3, -0.25) is 0 Å².